The lowest BCUT2D eigenvalue weighted by atomic mass is 9.92. The van der Waals surface area contributed by atoms with E-state index in [1.807, 2.05) is 24.3 Å². The minimum Gasteiger partial charge on any atom is -0.338 e. The van der Waals surface area contributed by atoms with Gasteiger partial charge in [0.05, 0.1) is 0 Å². The number of benzene rings is 1. The Morgan fingerprint density at radius 2 is 2.06 bits per heavy atom. The first-order valence-electron chi connectivity index (χ1n) is 6.24. The zero-order valence-electron chi connectivity index (χ0n) is 11.4. The topological polar surface area (TPSA) is 67.2 Å². The van der Waals surface area contributed by atoms with Crippen molar-refractivity contribution in [2.24, 2.45) is 11.1 Å². The van der Waals surface area contributed by atoms with Crippen molar-refractivity contribution in [2.75, 3.05) is 11.9 Å². The number of rotatable bonds is 4. The van der Waals surface area contributed by atoms with Gasteiger partial charge < -0.3 is 16.4 Å². The number of hydrogen-bond acceptors (Lipinski definition) is 2. The van der Waals surface area contributed by atoms with E-state index in [2.05, 4.69) is 31.4 Å². The second kappa shape index (κ2) is 6.40. The van der Waals surface area contributed by atoms with Crippen LogP contribution in [-0.2, 0) is 6.54 Å². The quantitative estimate of drug-likeness (QED) is 0.768. The predicted molar refractivity (Wildman–Crippen MR) is 75.4 cm³/mol. The summed E-state index contributed by atoms with van der Waals surface area (Å²) in [6, 6.07) is 7.37. The Kier molecular flexibility index (Phi) is 5.16. The Hall–Kier alpha value is -1.55. The number of nitrogens with one attached hydrogen (secondary N) is 2. The van der Waals surface area contributed by atoms with Crippen LogP contribution in [0.4, 0.5) is 10.5 Å². The summed E-state index contributed by atoms with van der Waals surface area (Å²) >= 11 is 0. The summed E-state index contributed by atoms with van der Waals surface area (Å²) in [7, 11) is 0. The molecule has 4 nitrogen and oxygen atoms in total. The van der Waals surface area contributed by atoms with Gasteiger partial charge in [-0.3, -0.25) is 0 Å². The fourth-order valence-corrected chi connectivity index (χ4v) is 1.50. The van der Waals surface area contributed by atoms with Crippen LogP contribution in [0.3, 0.4) is 0 Å². The summed E-state index contributed by atoms with van der Waals surface area (Å²) in [5.41, 5.74) is 7.55. The molecule has 0 bridgehead atoms. The third kappa shape index (κ3) is 5.68. The van der Waals surface area contributed by atoms with Crippen LogP contribution in [0.5, 0.6) is 0 Å². The second-order valence-electron chi connectivity index (χ2n) is 5.60. The van der Waals surface area contributed by atoms with Crippen molar-refractivity contribution in [3.05, 3.63) is 29.8 Å². The lowest BCUT2D eigenvalue weighted by Crippen LogP contribution is -2.31. The molecule has 100 valence electrons. The molecule has 0 saturated carbocycles. The first-order valence-corrected chi connectivity index (χ1v) is 6.24. The number of nitrogens with two attached hydrogens (primary N) is 1. The minimum atomic E-state index is -0.173. The summed E-state index contributed by atoms with van der Waals surface area (Å²) in [5.74, 6) is 0. The Balaban J connectivity index is 2.40. The number of carbonyl (C=O) groups excluding carboxylic acids is 1. The van der Waals surface area contributed by atoms with Crippen molar-refractivity contribution in [2.45, 2.75) is 33.7 Å². The van der Waals surface area contributed by atoms with Gasteiger partial charge in [-0.15, -0.1) is 0 Å². The molecule has 0 radical (unpaired) electrons. The largest absolute Gasteiger partial charge is 0.338 e. The summed E-state index contributed by atoms with van der Waals surface area (Å²) in [5, 5.41) is 5.64. The Bertz CT molecular complexity index is 396. The number of anilines is 1. The van der Waals surface area contributed by atoms with E-state index in [1.54, 1.807) is 0 Å². The van der Waals surface area contributed by atoms with Crippen LogP contribution in [0.1, 0.15) is 32.8 Å². The molecule has 0 fully saturated rings. The molecule has 0 aliphatic carbocycles. The van der Waals surface area contributed by atoms with Gasteiger partial charge >= 0.3 is 6.03 Å². The summed E-state index contributed by atoms with van der Waals surface area (Å²) < 4.78 is 0. The van der Waals surface area contributed by atoms with Gasteiger partial charge in [0.25, 0.3) is 0 Å². The van der Waals surface area contributed by atoms with E-state index in [9.17, 15) is 4.79 Å². The molecule has 1 rings (SSSR count). The van der Waals surface area contributed by atoms with E-state index < -0.39 is 0 Å². The van der Waals surface area contributed by atoms with E-state index in [0.717, 1.165) is 17.7 Å². The van der Waals surface area contributed by atoms with Crippen molar-refractivity contribution >= 4 is 11.7 Å². The highest BCUT2D eigenvalue weighted by atomic mass is 16.2. The molecular weight excluding hydrogens is 226 g/mol. The van der Waals surface area contributed by atoms with Gasteiger partial charge in [0.1, 0.15) is 0 Å². The average Bonchev–Trinajstić information content (AvgIpc) is 2.27. The van der Waals surface area contributed by atoms with E-state index in [4.69, 9.17) is 5.73 Å². The summed E-state index contributed by atoms with van der Waals surface area (Å²) in [4.78, 5) is 11.6. The lowest BCUT2D eigenvalue weighted by molar-refractivity contribution is 0.250. The first-order chi connectivity index (χ1) is 8.40. The molecule has 0 heterocycles. The van der Waals surface area contributed by atoms with Crippen LogP contribution < -0.4 is 16.4 Å². The monoisotopic (exact) mass is 249 g/mol. The molecule has 0 spiro atoms. The van der Waals surface area contributed by atoms with Crippen LogP contribution in [0.25, 0.3) is 0 Å². The van der Waals surface area contributed by atoms with Gasteiger partial charge in [-0.1, -0.05) is 32.9 Å². The van der Waals surface area contributed by atoms with Gasteiger partial charge in [0.2, 0.25) is 0 Å². The summed E-state index contributed by atoms with van der Waals surface area (Å²) in [6.07, 6.45) is 0.948. The molecule has 1 aromatic rings. The van der Waals surface area contributed by atoms with Crippen molar-refractivity contribution in [3.63, 3.8) is 0 Å². The summed E-state index contributed by atoms with van der Waals surface area (Å²) in [6.45, 7) is 7.60. The van der Waals surface area contributed by atoms with Gasteiger partial charge in [0.15, 0.2) is 0 Å². The van der Waals surface area contributed by atoms with Crippen LogP contribution in [0.15, 0.2) is 24.3 Å². The van der Waals surface area contributed by atoms with Gasteiger partial charge in [-0.25, -0.2) is 4.79 Å². The van der Waals surface area contributed by atoms with Crippen molar-refractivity contribution < 1.29 is 4.79 Å². The maximum atomic E-state index is 11.6. The zero-order chi connectivity index (χ0) is 13.6. The van der Waals surface area contributed by atoms with Gasteiger partial charge in [-0.05, 0) is 29.5 Å². The Labute approximate surface area is 109 Å². The van der Waals surface area contributed by atoms with Crippen molar-refractivity contribution in [1.29, 1.82) is 0 Å². The molecule has 4 heteroatoms. The molecule has 0 saturated heterocycles. The number of hydrogen-bond donors (Lipinski definition) is 3. The molecule has 1 aromatic carbocycles. The van der Waals surface area contributed by atoms with E-state index >= 15 is 0 Å². The van der Waals surface area contributed by atoms with Crippen molar-refractivity contribution in [1.82, 2.24) is 5.32 Å². The zero-order valence-corrected chi connectivity index (χ0v) is 11.4. The third-order valence-electron chi connectivity index (χ3n) is 2.58. The predicted octanol–water partition coefficient (Wildman–Crippen LogP) is 2.70. The van der Waals surface area contributed by atoms with E-state index in [1.165, 1.54) is 0 Å². The molecule has 2 amide bonds. The normalized spacial score (nSPS) is 11.1. The molecule has 0 atom stereocenters. The Morgan fingerprint density at radius 3 is 2.67 bits per heavy atom. The fourth-order valence-electron chi connectivity index (χ4n) is 1.50. The second-order valence-corrected chi connectivity index (χ2v) is 5.60. The smallest absolute Gasteiger partial charge is 0.319 e. The maximum Gasteiger partial charge on any atom is 0.319 e. The standard InChI is InChI=1S/C14H23N3O/c1-14(2,3)7-8-16-13(18)17-12-6-4-5-11(9-12)10-15/h4-6,9H,7-8,10,15H2,1-3H3,(H2,16,17,18). The number of urea groups is 1. The van der Waals surface area contributed by atoms with Crippen LogP contribution in [0.2, 0.25) is 0 Å². The van der Waals surface area contributed by atoms with E-state index in [-0.39, 0.29) is 11.4 Å². The molecule has 0 unspecified atom stereocenters. The molecular formula is C14H23N3O. The lowest BCUT2D eigenvalue weighted by Gasteiger charge is -2.18. The molecule has 0 aliphatic heterocycles. The minimum absolute atomic E-state index is 0.173. The first kappa shape index (κ1) is 14.5. The molecule has 18 heavy (non-hydrogen) atoms. The molecule has 0 aliphatic rings. The molecule has 0 aromatic heterocycles. The number of carbonyl (C=O) groups is 1. The van der Waals surface area contributed by atoms with Gasteiger partial charge in [-0.2, -0.15) is 0 Å². The highest BCUT2D eigenvalue weighted by molar-refractivity contribution is 5.89. The van der Waals surface area contributed by atoms with Crippen LogP contribution in [0, 0.1) is 5.41 Å². The number of amides is 2. The SMILES string of the molecule is CC(C)(C)CCNC(=O)Nc1cccc(CN)c1. The highest BCUT2D eigenvalue weighted by Crippen LogP contribution is 2.17. The van der Waals surface area contributed by atoms with E-state index in [0.29, 0.717) is 13.1 Å². The maximum absolute atomic E-state index is 11.6. The van der Waals surface area contributed by atoms with Crippen LogP contribution >= 0.6 is 0 Å². The van der Waals surface area contributed by atoms with Crippen LogP contribution in [-0.4, -0.2) is 12.6 Å². The average molecular weight is 249 g/mol. The fraction of sp³-hybridized carbons (Fsp3) is 0.500. The Morgan fingerprint density at radius 1 is 1.33 bits per heavy atom. The highest BCUT2D eigenvalue weighted by Gasteiger charge is 2.10. The molecule has 4 N–H and O–H groups in total. The third-order valence-corrected chi connectivity index (χ3v) is 2.58. The van der Waals surface area contributed by atoms with Crippen molar-refractivity contribution in [3.8, 4) is 0 Å². The van der Waals surface area contributed by atoms with Gasteiger partial charge in [0, 0.05) is 18.8 Å².